The Morgan fingerprint density at radius 1 is 1.14 bits per heavy atom. The summed E-state index contributed by atoms with van der Waals surface area (Å²) in [5, 5.41) is 0.698. The molecule has 0 aliphatic heterocycles. The minimum atomic E-state index is 0.579. The number of imidazole rings is 1. The van der Waals surface area contributed by atoms with Gasteiger partial charge >= 0.3 is 0 Å². The van der Waals surface area contributed by atoms with E-state index in [-0.39, 0.29) is 0 Å². The molecule has 0 unspecified atom stereocenters. The number of nitrogens with two attached hydrogens (primary N) is 1. The molecule has 21 heavy (non-hydrogen) atoms. The second-order valence-electron chi connectivity index (χ2n) is 5.32. The summed E-state index contributed by atoms with van der Waals surface area (Å²) >= 11 is 6.15. The number of hydrogen-bond acceptors (Lipinski definition) is 2. The highest BCUT2D eigenvalue weighted by atomic mass is 35.5. The van der Waals surface area contributed by atoms with Gasteiger partial charge < -0.3 is 5.73 Å². The van der Waals surface area contributed by atoms with E-state index in [1.165, 1.54) is 11.1 Å². The van der Waals surface area contributed by atoms with Crippen LogP contribution in [0.1, 0.15) is 16.8 Å². The molecule has 0 atom stereocenters. The first-order valence-corrected chi connectivity index (χ1v) is 7.42. The highest BCUT2D eigenvalue weighted by molar-refractivity contribution is 6.30. The summed E-state index contributed by atoms with van der Waals surface area (Å²) in [5.41, 5.74) is 12.4. The monoisotopic (exact) mass is 299 g/mol. The van der Waals surface area contributed by atoms with Gasteiger partial charge in [0.05, 0.1) is 16.4 Å². The number of pyridine rings is 1. The number of fused-ring (bicyclic) bond motifs is 1. The number of rotatable bonds is 3. The van der Waals surface area contributed by atoms with E-state index in [2.05, 4.69) is 36.4 Å². The Morgan fingerprint density at radius 3 is 2.67 bits per heavy atom. The fraction of sp³-hybridized carbons (Fsp3) is 0.235. The molecule has 2 N–H and O–H groups in total. The van der Waals surface area contributed by atoms with E-state index >= 15 is 0 Å². The Hall–Kier alpha value is -1.84. The molecule has 2 heterocycles. The van der Waals surface area contributed by atoms with Crippen molar-refractivity contribution in [1.29, 1.82) is 0 Å². The van der Waals surface area contributed by atoms with Crippen LogP contribution in [0, 0.1) is 13.8 Å². The molecule has 2 aromatic heterocycles. The maximum Gasteiger partial charge on any atom is 0.137 e. The smallest absolute Gasteiger partial charge is 0.137 e. The van der Waals surface area contributed by atoms with Crippen molar-refractivity contribution in [3.8, 4) is 11.3 Å². The van der Waals surface area contributed by atoms with Crippen LogP contribution in [0.2, 0.25) is 5.02 Å². The van der Waals surface area contributed by atoms with Gasteiger partial charge in [-0.05, 0) is 49.7 Å². The van der Waals surface area contributed by atoms with Gasteiger partial charge in [-0.1, -0.05) is 23.7 Å². The minimum absolute atomic E-state index is 0.579. The van der Waals surface area contributed by atoms with Crippen LogP contribution >= 0.6 is 11.6 Å². The molecule has 0 aliphatic rings. The number of benzene rings is 1. The quantitative estimate of drug-likeness (QED) is 0.800. The van der Waals surface area contributed by atoms with Gasteiger partial charge in [0.15, 0.2) is 0 Å². The van der Waals surface area contributed by atoms with Crippen LogP contribution in [0.25, 0.3) is 16.9 Å². The number of halogens is 1. The molecule has 3 rings (SSSR count). The first kappa shape index (κ1) is 14.1. The topological polar surface area (TPSA) is 43.3 Å². The van der Waals surface area contributed by atoms with Crippen molar-refractivity contribution >= 4 is 17.2 Å². The van der Waals surface area contributed by atoms with E-state index in [0.717, 1.165) is 29.0 Å². The first-order chi connectivity index (χ1) is 10.1. The van der Waals surface area contributed by atoms with Gasteiger partial charge in [-0.2, -0.15) is 0 Å². The Labute approximate surface area is 129 Å². The van der Waals surface area contributed by atoms with Crippen molar-refractivity contribution in [1.82, 2.24) is 9.38 Å². The van der Waals surface area contributed by atoms with Crippen LogP contribution in [0.3, 0.4) is 0 Å². The van der Waals surface area contributed by atoms with Gasteiger partial charge in [0, 0.05) is 18.2 Å². The molecule has 0 saturated carbocycles. The van der Waals surface area contributed by atoms with Gasteiger partial charge in [0.2, 0.25) is 0 Å². The lowest BCUT2D eigenvalue weighted by Gasteiger charge is -2.08. The Morgan fingerprint density at radius 2 is 1.95 bits per heavy atom. The van der Waals surface area contributed by atoms with Gasteiger partial charge in [0.1, 0.15) is 5.65 Å². The lowest BCUT2D eigenvalue weighted by molar-refractivity contribution is 0.939. The van der Waals surface area contributed by atoms with Crippen LogP contribution < -0.4 is 5.73 Å². The lowest BCUT2D eigenvalue weighted by atomic mass is 10.0. The third-order valence-corrected chi connectivity index (χ3v) is 4.04. The molecule has 0 bridgehead atoms. The fourth-order valence-electron chi connectivity index (χ4n) is 2.57. The van der Waals surface area contributed by atoms with E-state index in [0.29, 0.717) is 11.6 Å². The Kier molecular flexibility index (Phi) is 3.70. The van der Waals surface area contributed by atoms with E-state index in [1.54, 1.807) is 0 Å². The number of nitrogens with zero attached hydrogens (tertiary/aromatic N) is 2. The maximum absolute atomic E-state index is 6.15. The van der Waals surface area contributed by atoms with Gasteiger partial charge in [-0.15, -0.1) is 0 Å². The van der Waals surface area contributed by atoms with Gasteiger partial charge in [-0.3, -0.25) is 4.40 Å². The summed E-state index contributed by atoms with van der Waals surface area (Å²) in [5.74, 6) is 0. The van der Waals surface area contributed by atoms with Crippen LogP contribution in [0.15, 0.2) is 36.5 Å². The summed E-state index contributed by atoms with van der Waals surface area (Å²) in [6.07, 6.45) is 2.66. The highest BCUT2D eigenvalue weighted by Gasteiger charge is 2.14. The summed E-state index contributed by atoms with van der Waals surface area (Å²) in [6.45, 7) is 4.82. The molecule has 3 aromatic rings. The predicted molar refractivity (Wildman–Crippen MR) is 87.9 cm³/mol. The average molecular weight is 300 g/mol. The molecule has 1 aromatic carbocycles. The largest absolute Gasteiger partial charge is 0.330 e. The molecule has 3 nitrogen and oxygen atoms in total. The highest BCUT2D eigenvalue weighted by Crippen LogP contribution is 2.28. The Bertz CT molecular complexity index is 805. The molecule has 0 amide bonds. The second-order valence-corrected chi connectivity index (χ2v) is 5.76. The van der Waals surface area contributed by atoms with Crippen LogP contribution in [-0.4, -0.2) is 15.9 Å². The normalized spacial score (nSPS) is 11.2. The molecule has 4 heteroatoms. The van der Waals surface area contributed by atoms with Crippen molar-refractivity contribution in [3.05, 3.63) is 58.4 Å². The summed E-state index contributed by atoms with van der Waals surface area (Å²) in [7, 11) is 0. The average Bonchev–Trinajstić information content (AvgIpc) is 2.80. The second kappa shape index (κ2) is 5.51. The summed E-state index contributed by atoms with van der Waals surface area (Å²) in [6, 6.07) is 10.3. The number of aryl methyl sites for hydroxylation is 2. The first-order valence-electron chi connectivity index (χ1n) is 7.04. The van der Waals surface area contributed by atoms with Crippen molar-refractivity contribution in [2.24, 2.45) is 5.73 Å². The van der Waals surface area contributed by atoms with Crippen molar-refractivity contribution < 1.29 is 0 Å². The molecular formula is C17H18ClN3. The van der Waals surface area contributed by atoms with Crippen molar-refractivity contribution in [3.63, 3.8) is 0 Å². The van der Waals surface area contributed by atoms with Crippen LogP contribution in [-0.2, 0) is 6.42 Å². The molecule has 0 saturated heterocycles. The standard InChI is InChI=1S/C17H18ClN3/c1-11-3-4-13(9-12(11)2)17-15(7-8-19)20-16-6-5-14(18)10-21(16)17/h3-6,9-10H,7-8,19H2,1-2H3. The molecule has 0 aliphatic carbocycles. The Balaban J connectivity index is 2.29. The van der Waals surface area contributed by atoms with Gasteiger partial charge in [0.25, 0.3) is 0 Å². The molecular weight excluding hydrogens is 282 g/mol. The van der Waals surface area contributed by atoms with E-state index < -0.39 is 0 Å². The number of aromatic nitrogens is 2. The molecule has 108 valence electrons. The SMILES string of the molecule is Cc1ccc(-c2c(CCN)nc3ccc(Cl)cn23)cc1C. The molecule has 0 radical (unpaired) electrons. The zero-order valence-electron chi connectivity index (χ0n) is 12.2. The minimum Gasteiger partial charge on any atom is -0.330 e. The van der Waals surface area contributed by atoms with E-state index in [4.69, 9.17) is 22.3 Å². The molecule has 0 spiro atoms. The van der Waals surface area contributed by atoms with Crippen molar-refractivity contribution in [2.45, 2.75) is 20.3 Å². The zero-order chi connectivity index (χ0) is 15.0. The third-order valence-electron chi connectivity index (χ3n) is 3.82. The third kappa shape index (κ3) is 2.55. The van der Waals surface area contributed by atoms with Crippen molar-refractivity contribution in [2.75, 3.05) is 6.54 Å². The predicted octanol–water partition coefficient (Wildman–Crippen LogP) is 3.77. The van der Waals surface area contributed by atoms with Gasteiger partial charge in [-0.25, -0.2) is 4.98 Å². The summed E-state index contributed by atoms with van der Waals surface area (Å²) in [4.78, 5) is 4.70. The van der Waals surface area contributed by atoms with E-state index in [1.807, 2.05) is 18.3 Å². The van der Waals surface area contributed by atoms with Crippen LogP contribution in [0.4, 0.5) is 0 Å². The molecule has 0 fully saturated rings. The van der Waals surface area contributed by atoms with Crippen LogP contribution in [0.5, 0.6) is 0 Å². The zero-order valence-corrected chi connectivity index (χ0v) is 13.0. The number of hydrogen-bond donors (Lipinski definition) is 1. The lowest BCUT2D eigenvalue weighted by Crippen LogP contribution is -2.04. The fourth-order valence-corrected chi connectivity index (χ4v) is 2.73. The maximum atomic E-state index is 6.15. The van der Waals surface area contributed by atoms with E-state index in [9.17, 15) is 0 Å². The summed E-state index contributed by atoms with van der Waals surface area (Å²) < 4.78 is 2.05.